The molecule has 0 N–H and O–H groups in total. The molecular weight excluding hydrogens is 458 g/mol. The van der Waals surface area contributed by atoms with Gasteiger partial charge in [-0.1, -0.05) is 107 Å². The molecule has 0 saturated carbocycles. The van der Waals surface area contributed by atoms with Gasteiger partial charge >= 0.3 is 0 Å². The lowest BCUT2D eigenvalue weighted by atomic mass is 10.0. The van der Waals surface area contributed by atoms with Gasteiger partial charge < -0.3 is 0 Å². The maximum atomic E-state index is 14.6. The molecule has 0 nitrogen and oxygen atoms in total. The van der Waals surface area contributed by atoms with Gasteiger partial charge in [-0.25, -0.2) is 8.78 Å². The van der Waals surface area contributed by atoms with Gasteiger partial charge in [0.05, 0.1) is 5.56 Å². The van der Waals surface area contributed by atoms with Crippen molar-refractivity contribution in [3.8, 4) is 23.7 Å². The van der Waals surface area contributed by atoms with Crippen molar-refractivity contribution in [2.45, 2.75) is 84.5 Å². The average molecular weight is 497 g/mol. The predicted molar refractivity (Wildman–Crippen MR) is 152 cm³/mol. The molecule has 0 fully saturated rings. The fourth-order valence-corrected chi connectivity index (χ4v) is 4.24. The van der Waals surface area contributed by atoms with Gasteiger partial charge in [0.1, 0.15) is 11.6 Å². The van der Waals surface area contributed by atoms with Gasteiger partial charge in [-0.3, -0.25) is 0 Å². The summed E-state index contributed by atoms with van der Waals surface area (Å²) in [5, 5.41) is 0. The number of hydrogen-bond donors (Lipinski definition) is 0. The molecule has 0 aromatic heterocycles. The summed E-state index contributed by atoms with van der Waals surface area (Å²) in [4.78, 5) is 0. The van der Waals surface area contributed by atoms with E-state index in [1.807, 2.05) is 24.3 Å². The molecule has 0 spiro atoms. The fraction of sp³-hybridized carbons (Fsp3) is 0.371. The second-order valence-corrected chi connectivity index (χ2v) is 9.68. The van der Waals surface area contributed by atoms with E-state index in [2.05, 4.69) is 61.8 Å². The minimum atomic E-state index is -0.692. The van der Waals surface area contributed by atoms with Crippen LogP contribution in [0.15, 0.2) is 60.7 Å². The Bertz CT molecular complexity index is 1210. The molecule has 3 aromatic carbocycles. The van der Waals surface area contributed by atoms with Crippen molar-refractivity contribution in [1.82, 2.24) is 0 Å². The summed E-state index contributed by atoms with van der Waals surface area (Å²) >= 11 is 0. The minimum absolute atomic E-state index is 0.224. The molecule has 0 bridgehead atoms. The molecule has 192 valence electrons. The molecule has 0 unspecified atom stereocenters. The van der Waals surface area contributed by atoms with E-state index in [9.17, 15) is 8.78 Å². The Labute approximate surface area is 222 Å². The minimum Gasteiger partial charge on any atom is -0.205 e. The fourth-order valence-electron chi connectivity index (χ4n) is 4.24. The van der Waals surface area contributed by atoms with Crippen molar-refractivity contribution < 1.29 is 8.78 Å². The largest absolute Gasteiger partial charge is 0.205 e. The van der Waals surface area contributed by atoms with Gasteiger partial charge in [0.2, 0.25) is 0 Å². The van der Waals surface area contributed by atoms with Crippen molar-refractivity contribution in [2.24, 2.45) is 0 Å². The highest BCUT2D eigenvalue weighted by atomic mass is 19.1. The molecule has 3 aromatic rings. The van der Waals surface area contributed by atoms with E-state index in [4.69, 9.17) is 0 Å². The van der Waals surface area contributed by atoms with Crippen LogP contribution in [0.3, 0.4) is 0 Å². The van der Waals surface area contributed by atoms with E-state index in [-0.39, 0.29) is 5.56 Å². The van der Waals surface area contributed by atoms with E-state index >= 15 is 0 Å². The van der Waals surface area contributed by atoms with Crippen LogP contribution in [0.1, 0.15) is 105 Å². The van der Waals surface area contributed by atoms with E-state index < -0.39 is 11.6 Å². The quantitative estimate of drug-likeness (QED) is 0.183. The Morgan fingerprint density at radius 2 is 0.892 bits per heavy atom. The maximum Gasteiger partial charge on any atom is 0.143 e. The summed E-state index contributed by atoms with van der Waals surface area (Å²) < 4.78 is 29.3. The van der Waals surface area contributed by atoms with Gasteiger partial charge in [0.25, 0.3) is 0 Å². The Balaban J connectivity index is 1.59. The smallest absolute Gasteiger partial charge is 0.143 e. The lowest BCUT2D eigenvalue weighted by Crippen LogP contribution is -1.93. The zero-order chi connectivity index (χ0) is 26.3. The molecule has 0 aliphatic rings. The zero-order valence-electron chi connectivity index (χ0n) is 22.3. The first kappa shape index (κ1) is 28.2. The highest BCUT2D eigenvalue weighted by Gasteiger charge is 2.08. The van der Waals surface area contributed by atoms with Crippen LogP contribution in [0.25, 0.3) is 0 Å². The summed E-state index contributed by atoms with van der Waals surface area (Å²) in [6.07, 6.45) is 13.4. The number of unbranched alkanes of at least 4 members (excludes halogenated alkanes) is 7. The third-order valence-corrected chi connectivity index (χ3v) is 6.52. The lowest BCUT2D eigenvalue weighted by Gasteiger charge is -2.02. The first-order chi connectivity index (χ1) is 18.1. The third-order valence-electron chi connectivity index (χ3n) is 6.52. The molecule has 3 rings (SSSR count). The van der Waals surface area contributed by atoms with Crippen molar-refractivity contribution in [3.63, 3.8) is 0 Å². The summed E-state index contributed by atoms with van der Waals surface area (Å²) in [5.74, 6) is 10.1. The summed E-state index contributed by atoms with van der Waals surface area (Å²) in [5.41, 5.74) is 4.19. The van der Waals surface area contributed by atoms with Gasteiger partial charge in [0.15, 0.2) is 0 Å². The van der Waals surface area contributed by atoms with Crippen molar-refractivity contribution in [1.29, 1.82) is 0 Å². The standard InChI is InChI=1S/C35H38F2/c1-3-5-7-8-9-11-13-29-16-20-31(21-17-29)24-25-33-34(36)26-32(27-35(33)37)23-22-30-18-14-28(15-19-30)12-10-6-4-2/h14-21,26-27H,3-13H2,1-2H3. The Hall–Kier alpha value is -3.36. The zero-order valence-corrected chi connectivity index (χ0v) is 22.3. The topological polar surface area (TPSA) is 0 Å². The van der Waals surface area contributed by atoms with Gasteiger partial charge in [-0.15, -0.1) is 0 Å². The van der Waals surface area contributed by atoms with E-state index in [1.54, 1.807) is 0 Å². The number of halogens is 2. The first-order valence-electron chi connectivity index (χ1n) is 13.8. The molecule has 0 saturated heterocycles. The lowest BCUT2D eigenvalue weighted by molar-refractivity contribution is 0.577. The second kappa shape index (κ2) is 15.7. The normalized spacial score (nSPS) is 10.4. The Morgan fingerprint density at radius 3 is 1.43 bits per heavy atom. The van der Waals surface area contributed by atoms with Crippen LogP contribution in [-0.4, -0.2) is 0 Å². The summed E-state index contributed by atoms with van der Waals surface area (Å²) in [6.45, 7) is 4.42. The highest BCUT2D eigenvalue weighted by Crippen LogP contribution is 2.16. The molecule has 37 heavy (non-hydrogen) atoms. The van der Waals surface area contributed by atoms with Gasteiger partial charge in [0, 0.05) is 16.7 Å². The molecule has 0 amide bonds. The van der Waals surface area contributed by atoms with Crippen LogP contribution >= 0.6 is 0 Å². The van der Waals surface area contributed by atoms with Crippen LogP contribution in [0.5, 0.6) is 0 Å². The molecule has 0 aliphatic carbocycles. The monoisotopic (exact) mass is 496 g/mol. The summed E-state index contributed by atoms with van der Waals surface area (Å²) in [6, 6.07) is 18.5. The molecule has 2 heteroatoms. The van der Waals surface area contributed by atoms with Crippen molar-refractivity contribution >= 4 is 0 Å². The molecule has 0 radical (unpaired) electrons. The van der Waals surface area contributed by atoms with Crippen LogP contribution in [0.4, 0.5) is 8.78 Å². The number of benzene rings is 3. The SMILES string of the molecule is CCCCCCCCc1ccc(C#Cc2c(F)cc(C#Cc3ccc(CCCCC)cc3)cc2F)cc1. The van der Waals surface area contributed by atoms with Crippen LogP contribution < -0.4 is 0 Å². The van der Waals surface area contributed by atoms with E-state index in [1.165, 1.54) is 81.0 Å². The molecular formula is C35H38F2. The van der Waals surface area contributed by atoms with Crippen molar-refractivity contribution in [3.05, 3.63) is 106 Å². The van der Waals surface area contributed by atoms with Crippen LogP contribution in [0, 0.1) is 35.3 Å². The average Bonchev–Trinajstić information content (AvgIpc) is 2.90. The highest BCUT2D eigenvalue weighted by molar-refractivity contribution is 5.49. The van der Waals surface area contributed by atoms with Crippen molar-refractivity contribution in [2.75, 3.05) is 0 Å². The molecule has 0 atom stereocenters. The first-order valence-corrected chi connectivity index (χ1v) is 13.8. The van der Waals surface area contributed by atoms with Gasteiger partial charge in [-0.2, -0.15) is 0 Å². The molecule has 0 aliphatic heterocycles. The number of rotatable bonds is 11. The third kappa shape index (κ3) is 9.90. The second-order valence-electron chi connectivity index (χ2n) is 9.68. The summed E-state index contributed by atoms with van der Waals surface area (Å²) in [7, 11) is 0. The predicted octanol–water partition coefficient (Wildman–Crippen LogP) is 9.40. The Morgan fingerprint density at radius 1 is 0.486 bits per heavy atom. The molecule has 0 heterocycles. The van der Waals surface area contributed by atoms with Gasteiger partial charge in [-0.05, 0) is 73.2 Å². The number of aryl methyl sites for hydroxylation is 2. The van der Waals surface area contributed by atoms with E-state index in [0.29, 0.717) is 5.56 Å². The van der Waals surface area contributed by atoms with E-state index in [0.717, 1.165) is 24.0 Å². The Kier molecular flexibility index (Phi) is 12.0. The van der Waals surface area contributed by atoms with Crippen LogP contribution in [-0.2, 0) is 12.8 Å². The van der Waals surface area contributed by atoms with Crippen LogP contribution in [0.2, 0.25) is 0 Å². The number of hydrogen-bond acceptors (Lipinski definition) is 0. The maximum absolute atomic E-state index is 14.6.